The predicted molar refractivity (Wildman–Crippen MR) is 62.6 cm³/mol. The van der Waals surface area contributed by atoms with Crippen molar-refractivity contribution in [3.8, 4) is 0 Å². The van der Waals surface area contributed by atoms with Gasteiger partial charge in [-0.15, -0.1) is 0 Å². The molecule has 8 nitrogen and oxygen atoms in total. The minimum Gasteiger partial charge on any atom is -0.478 e. The molecule has 0 radical (unpaired) electrons. The smallest absolute Gasteiger partial charge is 0.344 e. The Morgan fingerprint density at radius 2 is 2.35 bits per heavy atom. The van der Waals surface area contributed by atoms with Crippen molar-refractivity contribution in [3.63, 3.8) is 0 Å². The van der Waals surface area contributed by atoms with Crippen LogP contribution in [0.5, 0.6) is 0 Å². The Balaban J connectivity index is 2.81. The molecule has 90 valence electrons. The van der Waals surface area contributed by atoms with Crippen LogP contribution in [0.1, 0.15) is 6.92 Å². The highest BCUT2D eigenvalue weighted by Gasteiger charge is 2.32. The van der Waals surface area contributed by atoms with Gasteiger partial charge in [-0.3, -0.25) is 10.3 Å². The molecule has 6 N–H and O–H groups in total. The van der Waals surface area contributed by atoms with E-state index < -0.39 is 11.6 Å². The number of carboxylic acids is 1. The topological polar surface area (TPSA) is 136 Å². The van der Waals surface area contributed by atoms with E-state index in [0.717, 1.165) is 0 Å². The first-order valence-electron chi connectivity index (χ1n) is 4.59. The molecule has 0 aliphatic rings. The molecule has 0 amide bonds. The van der Waals surface area contributed by atoms with Crippen LogP contribution in [0.25, 0.3) is 11.2 Å². The lowest BCUT2D eigenvalue weighted by Gasteiger charge is -2.21. The normalized spacial score (nSPS) is 14.7. The summed E-state index contributed by atoms with van der Waals surface area (Å²) < 4.78 is 1.44. The summed E-state index contributed by atoms with van der Waals surface area (Å²) in [7, 11) is 0. The Morgan fingerprint density at radius 1 is 1.71 bits per heavy atom. The zero-order chi connectivity index (χ0) is 12.8. The van der Waals surface area contributed by atoms with E-state index in [1.807, 2.05) is 0 Å². The second kappa shape index (κ2) is 3.50. The number of hydrogen-bond donors (Lipinski definition) is 4. The molecule has 0 unspecified atom stereocenters. The van der Waals surface area contributed by atoms with Crippen molar-refractivity contribution in [1.29, 1.82) is 0 Å². The monoisotopic (exact) mass is 254 g/mol. The number of anilines is 1. The van der Waals surface area contributed by atoms with Gasteiger partial charge in [0, 0.05) is 0 Å². The first-order chi connectivity index (χ1) is 7.84. The van der Waals surface area contributed by atoms with E-state index in [1.54, 1.807) is 0 Å². The first kappa shape index (κ1) is 11.5. The maximum Gasteiger partial charge on any atom is 0.344 e. The SMILES string of the molecule is C[C@](N)(C(=O)O)n1cnc2c(=S)nc(N)[nH]c21. The van der Waals surface area contributed by atoms with Gasteiger partial charge in [-0.25, -0.2) is 14.8 Å². The highest BCUT2D eigenvalue weighted by atomic mass is 32.1. The first-order valence-corrected chi connectivity index (χ1v) is 5.00. The molecule has 0 aliphatic heterocycles. The fourth-order valence-electron chi connectivity index (χ4n) is 1.39. The molecule has 9 heteroatoms. The number of carboxylic acid groups (broad SMARTS) is 1. The third kappa shape index (κ3) is 1.65. The minimum atomic E-state index is -1.65. The molecule has 0 fully saturated rings. The molecule has 0 aliphatic carbocycles. The number of fused-ring (bicyclic) bond motifs is 1. The molecule has 2 heterocycles. The summed E-state index contributed by atoms with van der Waals surface area (Å²) in [5, 5.41) is 9.05. The lowest BCUT2D eigenvalue weighted by Crippen LogP contribution is -2.47. The number of hydrogen-bond acceptors (Lipinski definition) is 6. The van der Waals surface area contributed by atoms with Crippen LogP contribution >= 0.6 is 12.2 Å². The van der Waals surface area contributed by atoms with Crippen LogP contribution in [-0.2, 0) is 10.5 Å². The van der Waals surface area contributed by atoms with Gasteiger partial charge in [-0.1, -0.05) is 12.2 Å². The minimum absolute atomic E-state index is 0.0745. The van der Waals surface area contributed by atoms with Gasteiger partial charge in [0.25, 0.3) is 0 Å². The summed E-state index contributed by atoms with van der Waals surface area (Å²) in [6, 6.07) is 0. The van der Waals surface area contributed by atoms with E-state index in [1.165, 1.54) is 17.8 Å². The van der Waals surface area contributed by atoms with E-state index >= 15 is 0 Å². The van der Waals surface area contributed by atoms with Crippen LogP contribution in [0.2, 0.25) is 0 Å². The Bertz CT molecular complexity index is 658. The van der Waals surface area contributed by atoms with Crippen LogP contribution in [0.15, 0.2) is 6.33 Å². The van der Waals surface area contributed by atoms with Crippen molar-refractivity contribution in [3.05, 3.63) is 11.0 Å². The average Bonchev–Trinajstić information content (AvgIpc) is 2.61. The van der Waals surface area contributed by atoms with Crippen LogP contribution in [0.3, 0.4) is 0 Å². The van der Waals surface area contributed by atoms with Gasteiger partial charge in [0.2, 0.25) is 0 Å². The molecule has 0 spiro atoms. The van der Waals surface area contributed by atoms with Crippen molar-refractivity contribution in [2.75, 3.05) is 5.73 Å². The summed E-state index contributed by atoms with van der Waals surface area (Å²) in [6.07, 6.45) is 1.28. The molecular weight excluding hydrogens is 244 g/mol. The molecule has 1 atom stereocenters. The fourth-order valence-corrected chi connectivity index (χ4v) is 1.64. The zero-order valence-electron chi connectivity index (χ0n) is 8.84. The number of H-pyrrole nitrogens is 1. The largest absolute Gasteiger partial charge is 0.478 e. The predicted octanol–water partition coefficient (Wildman–Crippen LogP) is -0.213. The van der Waals surface area contributed by atoms with Crippen LogP contribution in [-0.4, -0.2) is 30.6 Å². The maximum absolute atomic E-state index is 11.1. The van der Waals surface area contributed by atoms with E-state index in [9.17, 15) is 4.79 Å². The summed E-state index contributed by atoms with van der Waals surface area (Å²) in [5.41, 5.74) is 10.2. The van der Waals surface area contributed by atoms with Gasteiger partial charge in [0.15, 0.2) is 16.3 Å². The molecule has 0 saturated carbocycles. The molecular formula is C8H10N6O2S. The highest BCUT2D eigenvalue weighted by molar-refractivity contribution is 7.71. The van der Waals surface area contributed by atoms with Crippen molar-refractivity contribution < 1.29 is 9.90 Å². The molecule has 0 aromatic carbocycles. The van der Waals surface area contributed by atoms with Gasteiger partial charge in [-0.05, 0) is 6.92 Å². The summed E-state index contributed by atoms with van der Waals surface area (Å²) in [4.78, 5) is 21.6. The van der Waals surface area contributed by atoms with Gasteiger partial charge in [0.1, 0.15) is 11.2 Å². The molecule has 0 bridgehead atoms. The number of aliphatic carboxylic acids is 1. The number of aromatic nitrogens is 4. The fraction of sp³-hybridized carbons (Fsp3) is 0.250. The van der Waals surface area contributed by atoms with E-state index in [4.69, 9.17) is 28.8 Å². The van der Waals surface area contributed by atoms with E-state index in [2.05, 4.69) is 15.0 Å². The molecule has 2 rings (SSSR count). The van der Waals surface area contributed by atoms with Crippen LogP contribution in [0, 0.1) is 4.64 Å². The van der Waals surface area contributed by atoms with Crippen molar-refractivity contribution in [2.24, 2.45) is 5.73 Å². The number of nitrogens with two attached hydrogens (primary N) is 2. The second-order valence-corrected chi connectivity index (χ2v) is 4.08. The average molecular weight is 254 g/mol. The number of nitrogen functional groups attached to an aromatic ring is 1. The molecule has 0 saturated heterocycles. The molecule has 2 aromatic rings. The Hall–Kier alpha value is -2.00. The van der Waals surface area contributed by atoms with Gasteiger partial charge < -0.3 is 15.8 Å². The Labute approximate surface area is 100 Å². The number of rotatable bonds is 2. The maximum atomic E-state index is 11.1. The lowest BCUT2D eigenvalue weighted by molar-refractivity contribution is -0.146. The number of carbonyl (C=O) groups is 1. The molecule has 2 aromatic heterocycles. The third-order valence-corrected chi connectivity index (χ3v) is 2.66. The van der Waals surface area contributed by atoms with Gasteiger partial charge in [0.05, 0.1) is 6.33 Å². The summed E-state index contributed by atoms with van der Waals surface area (Å²) >= 11 is 4.97. The number of imidazole rings is 1. The number of nitrogens with one attached hydrogen (secondary N) is 1. The van der Waals surface area contributed by atoms with Gasteiger partial charge >= 0.3 is 5.97 Å². The van der Waals surface area contributed by atoms with E-state index in [-0.39, 0.29) is 10.6 Å². The van der Waals surface area contributed by atoms with Crippen LogP contribution < -0.4 is 11.5 Å². The quantitative estimate of drug-likeness (QED) is 0.544. The lowest BCUT2D eigenvalue weighted by atomic mass is 10.2. The van der Waals surface area contributed by atoms with Crippen LogP contribution in [0.4, 0.5) is 5.95 Å². The number of aromatic amines is 1. The van der Waals surface area contributed by atoms with Crippen molar-refractivity contribution in [2.45, 2.75) is 12.6 Å². The van der Waals surface area contributed by atoms with Gasteiger partial charge in [-0.2, -0.15) is 0 Å². The summed E-state index contributed by atoms with van der Waals surface area (Å²) in [6.45, 7) is 1.34. The highest BCUT2D eigenvalue weighted by Crippen LogP contribution is 2.18. The zero-order valence-corrected chi connectivity index (χ0v) is 9.65. The second-order valence-electron chi connectivity index (χ2n) is 3.69. The van der Waals surface area contributed by atoms with E-state index in [0.29, 0.717) is 11.2 Å². The Morgan fingerprint density at radius 3 is 2.94 bits per heavy atom. The third-order valence-electron chi connectivity index (χ3n) is 2.37. The Kier molecular flexibility index (Phi) is 2.36. The number of nitrogens with zero attached hydrogens (tertiary/aromatic N) is 3. The standard InChI is InChI=1S/C8H10N6O2S/c1-8(10,6(15)16)14-2-11-3-4(14)12-7(9)13-5(3)17/h2H,10H2,1H3,(H,15,16)(H3,9,12,13,17)/t8-/m1/s1. The molecule has 17 heavy (non-hydrogen) atoms. The summed E-state index contributed by atoms with van der Waals surface area (Å²) in [5.74, 6) is -1.13. The van der Waals surface area contributed by atoms with Crippen molar-refractivity contribution in [1.82, 2.24) is 19.5 Å². The van der Waals surface area contributed by atoms with Crippen molar-refractivity contribution >= 4 is 35.3 Å².